The van der Waals surface area contributed by atoms with Gasteiger partial charge in [-0.2, -0.15) is 4.39 Å². The fraction of sp³-hybridized carbons (Fsp3) is 0.318. The molecule has 3 N–H and O–H groups in total. The number of fused-ring (bicyclic) bond motifs is 1. The number of amides is 1. The van der Waals surface area contributed by atoms with Crippen LogP contribution < -0.4 is 11.1 Å². The molecule has 5 nitrogen and oxygen atoms in total. The van der Waals surface area contributed by atoms with Gasteiger partial charge in [0.2, 0.25) is 11.9 Å². The van der Waals surface area contributed by atoms with Gasteiger partial charge in [-0.1, -0.05) is 19.1 Å². The van der Waals surface area contributed by atoms with Gasteiger partial charge >= 0.3 is 0 Å². The van der Waals surface area contributed by atoms with Crippen LogP contribution in [0.5, 0.6) is 0 Å². The minimum absolute atomic E-state index is 0.0494. The Morgan fingerprint density at radius 1 is 1.21 bits per heavy atom. The highest BCUT2D eigenvalue weighted by Crippen LogP contribution is 2.33. The summed E-state index contributed by atoms with van der Waals surface area (Å²) in [5, 5.41) is 5.00. The molecule has 0 radical (unpaired) electrons. The summed E-state index contributed by atoms with van der Waals surface area (Å²) >= 11 is 1.55. The smallest absolute Gasteiger partial charge is 0.227 e. The summed E-state index contributed by atoms with van der Waals surface area (Å²) in [5.41, 5.74) is 12.2. The number of halogens is 1. The van der Waals surface area contributed by atoms with Crippen LogP contribution >= 0.6 is 11.3 Å². The van der Waals surface area contributed by atoms with Gasteiger partial charge in [0.25, 0.3) is 0 Å². The molecular formula is C22H23FN4OS. The van der Waals surface area contributed by atoms with E-state index in [4.69, 9.17) is 5.73 Å². The number of rotatable bonds is 3. The summed E-state index contributed by atoms with van der Waals surface area (Å²) in [6.07, 6.45) is 3.01. The number of benzene rings is 1. The first-order valence-electron chi connectivity index (χ1n) is 9.69. The second-order valence-electron chi connectivity index (χ2n) is 7.64. The fourth-order valence-electron chi connectivity index (χ4n) is 4.04. The van der Waals surface area contributed by atoms with Crippen LogP contribution in [-0.2, 0) is 11.2 Å². The number of nitrogens with one attached hydrogen (secondary N) is 1. The number of pyridine rings is 1. The summed E-state index contributed by atoms with van der Waals surface area (Å²) in [5.74, 6) is -0.681. The maximum atomic E-state index is 14.2. The minimum Gasteiger partial charge on any atom is -0.327 e. The molecule has 3 aromatic rings. The Morgan fingerprint density at radius 3 is 2.72 bits per heavy atom. The lowest BCUT2D eigenvalue weighted by Crippen LogP contribution is -2.35. The van der Waals surface area contributed by atoms with Crippen LogP contribution in [0.3, 0.4) is 0 Å². The third-order valence-electron chi connectivity index (χ3n) is 5.51. The average molecular weight is 411 g/mol. The van der Waals surface area contributed by atoms with Crippen molar-refractivity contribution < 1.29 is 9.18 Å². The summed E-state index contributed by atoms with van der Waals surface area (Å²) in [6, 6.07) is 9.21. The lowest BCUT2D eigenvalue weighted by molar-refractivity contribution is -0.120. The van der Waals surface area contributed by atoms with Crippen LogP contribution in [0.15, 0.2) is 47.4 Å². The van der Waals surface area contributed by atoms with Gasteiger partial charge < -0.3 is 11.1 Å². The maximum absolute atomic E-state index is 14.2. The highest BCUT2D eigenvalue weighted by atomic mass is 32.1. The Balaban J connectivity index is 1.48. The van der Waals surface area contributed by atoms with E-state index in [2.05, 4.69) is 15.3 Å². The first-order valence-corrected chi connectivity index (χ1v) is 10.6. The molecule has 150 valence electrons. The molecule has 1 aliphatic rings. The van der Waals surface area contributed by atoms with Crippen molar-refractivity contribution in [2.45, 2.75) is 38.1 Å². The SMILES string of the molecule is C[C@@H]1CC(C(=O)Nc2ccc(-c3cscn3)cc2)C[C@H](N)Cc2c1ccnc2F. The molecule has 1 unspecified atom stereocenters. The van der Waals surface area contributed by atoms with Crippen LogP contribution in [0.2, 0.25) is 0 Å². The van der Waals surface area contributed by atoms with Crippen molar-refractivity contribution in [1.82, 2.24) is 9.97 Å². The van der Waals surface area contributed by atoms with Crippen molar-refractivity contribution in [1.29, 1.82) is 0 Å². The molecule has 3 atom stereocenters. The Kier molecular flexibility index (Phi) is 5.69. The molecule has 1 aromatic carbocycles. The highest BCUT2D eigenvalue weighted by molar-refractivity contribution is 7.07. The molecule has 0 saturated heterocycles. The van der Waals surface area contributed by atoms with Gasteiger partial charge in [0.05, 0.1) is 11.2 Å². The van der Waals surface area contributed by atoms with Gasteiger partial charge in [0.15, 0.2) is 0 Å². The van der Waals surface area contributed by atoms with Crippen molar-refractivity contribution in [3.8, 4) is 11.3 Å². The monoisotopic (exact) mass is 410 g/mol. The summed E-state index contributed by atoms with van der Waals surface area (Å²) in [6.45, 7) is 2.03. The molecule has 0 aliphatic heterocycles. The number of nitrogens with two attached hydrogens (primary N) is 1. The molecule has 7 heteroatoms. The molecular weight excluding hydrogens is 387 g/mol. The number of thiazole rings is 1. The van der Waals surface area contributed by atoms with Gasteiger partial charge in [-0.3, -0.25) is 4.79 Å². The van der Waals surface area contributed by atoms with E-state index >= 15 is 0 Å². The number of aromatic nitrogens is 2. The van der Waals surface area contributed by atoms with Crippen LogP contribution in [0.1, 0.15) is 36.8 Å². The first kappa shape index (κ1) is 19.7. The van der Waals surface area contributed by atoms with Gasteiger partial charge in [0.1, 0.15) is 0 Å². The molecule has 29 heavy (non-hydrogen) atoms. The van der Waals surface area contributed by atoms with E-state index in [0.29, 0.717) is 24.8 Å². The maximum Gasteiger partial charge on any atom is 0.227 e. The second kappa shape index (κ2) is 8.39. The molecule has 1 aliphatic carbocycles. The molecule has 4 rings (SSSR count). The highest BCUT2D eigenvalue weighted by Gasteiger charge is 2.29. The fourth-order valence-corrected chi connectivity index (χ4v) is 4.60. The number of nitrogens with zero attached hydrogens (tertiary/aromatic N) is 2. The first-order chi connectivity index (χ1) is 14.0. The largest absolute Gasteiger partial charge is 0.327 e. The molecule has 1 amide bonds. The standard InChI is InChI=1S/C22H23FN4OS/c1-13-8-15(9-16(24)10-19-18(13)6-7-25-21(19)23)22(28)27-17-4-2-14(3-5-17)20-11-29-12-26-20/h2-7,11-13,15-16H,8-10,24H2,1H3,(H,27,28)/t13-,15?,16+/m1/s1. The summed E-state index contributed by atoms with van der Waals surface area (Å²) < 4.78 is 14.2. The third kappa shape index (κ3) is 4.36. The molecule has 0 bridgehead atoms. The lowest BCUT2D eigenvalue weighted by atomic mass is 9.80. The van der Waals surface area contributed by atoms with Crippen LogP contribution in [0, 0.1) is 11.9 Å². The summed E-state index contributed by atoms with van der Waals surface area (Å²) in [4.78, 5) is 21.0. The van der Waals surface area contributed by atoms with E-state index in [0.717, 1.165) is 22.5 Å². The number of hydrogen-bond acceptors (Lipinski definition) is 5. The van der Waals surface area contributed by atoms with E-state index in [1.54, 1.807) is 16.8 Å². The predicted octanol–water partition coefficient (Wildman–Crippen LogP) is 4.37. The van der Waals surface area contributed by atoms with Crippen molar-refractivity contribution in [3.05, 3.63) is 64.5 Å². The quantitative estimate of drug-likeness (QED) is 0.629. The number of hydrogen-bond donors (Lipinski definition) is 2. The Morgan fingerprint density at radius 2 is 2.00 bits per heavy atom. The van der Waals surface area contributed by atoms with Gasteiger partial charge in [-0.15, -0.1) is 11.3 Å². The van der Waals surface area contributed by atoms with Gasteiger partial charge in [-0.25, -0.2) is 9.97 Å². The number of carbonyl (C=O) groups is 1. The van der Waals surface area contributed by atoms with E-state index in [9.17, 15) is 9.18 Å². The van der Waals surface area contributed by atoms with Crippen molar-refractivity contribution in [3.63, 3.8) is 0 Å². The van der Waals surface area contributed by atoms with E-state index in [1.165, 1.54) is 6.20 Å². The average Bonchev–Trinajstić information content (AvgIpc) is 3.23. The van der Waals surface area contributed by atoms with Crippen molar-refractivity contribution in [2.24, 2.45) is 11.7 Å². The van der Waals surface area contributed by atoms with E-state index in [-0.39, 0.29) is 23.8 Å². The van der Waals surface area contributed by atoms with E-state index in [1.807, 2.05) is 42.6 Å². The zero-order chi connectivity index (χ0) is 20.4. The zero-order valence-electron chi connectivity index (χ0n) is 16.1. The van der Waals surface area contributed by atoms with Gasteiger partial charge in [-0.05, 0) is 48.9 Å². The molecule has 0 spiro atoms. The van der Waals surface area contributed by atoms with Crippen LogP contribution in [0.4, 0.5) is 10.1 Å². The van der Waals surface area contributed by atoms with E-state index < -0.39 is 5.95 Å². The molecule has 0 saturated carbocycles. The number of anilines is 1. The van der Waals surface area contributed by atoms with Crippen molar-refractivity contribution in [2.75, 3.05) is 5.32 Å². The Hall–Kier alpha value is -2.64. The third-order valence-corrected chi connectivity index (χ3v) is 6.10. The molecule has 0 fully saturated rings. The predicted molar refractivity (Wildman–Crippen MR) is 113 cm³/mol. The Labute approximate surface area is 173 Å². The summed E-state index contributed by atoms with van der Waals surface area (Å²) in [7, 11) is 0. The zero-order valence-corrected chi connectivity index (χ0v) is 17.0. The van der Waals surface area contributed by atoms with Gasteiger partial charge in [0, 0.05) is 40.4 Å². The topological polar surface area (TPSA) is 80.9 Å². The Bertz CT molecular complexity index is 991. The normalized spacial score (nSPS) is 21.7. The molecule has 2 aromatic heterocycles. The second-order valence-corrected chi connectivity index (χ2v) is 8.36. The van der Waals surface area contributed by atoms with Crippen molar-refractivity contribution >= 4 is 22.9 Å². The number of carbonyl (C=O) groups excluding carboxylic acids is 1. The lowest BCUT2D eigenvalue weighted by Gasteiger charge is -2.28. The minimum atomic E-state index is -0.451. The molecule has 2 heterocycles. The van der Waals surface area contributed by atoms with Crippen LogP contribution in [-0.4, -0.2) is 21.9 Å². The van der Waals surface area contributed by atoms with Crippen LogP contribution in [0.25, 0.3) is 11.3 Å².